The summed E-state index contributed by atoms with van der Waals surface area (Å²) in [7, 11) is 0. The summed E-state index contributed by atoms with van der Waals surface area (Å²) >= 11 is 0. The van der Waals surface area contributed by atoms with Crippen molar-refractivity contribution in [3.8, 4) is 0 Å². The molecule has 0 aliphatic rings. The summed E-state index contributed by atoms with van der Waals surface area (Å²) in [6.07, 6.45) is 11.2. The molecule has 0 rings (SSSR count). The largest absolute Gasteiger partial charge is 0.0885 e. The first kappa shape index (κ1) is 12.7. The average Bonchev–Trinajstić information content (AvgIpc) is 2.02. The van der Waals surface area contributed by atoms with Crippen LogP contribution in [0, 0.1) is 11.8 Å². The van der Waals surface area contributed by atoms with Gasteiger partial charge in [-0.25, -0.2) is 0 Å². The molecule has 0 bridgehead atoms. The van der Waals surface area contributed by atoms with E-state index in [2.05, 4.69) is 39.8 Å². The minimum Gasteiger partial charge on any atom is -0.0885 e. The third kappa shape index (κ3) is 9.66. The molecule has 0 saturated heterocycles. The second kappa shape index (κ2) is 8.34. The van der Waals surface area contributed by atoms with E-state index in [0.717, 1.165) is 11.8 Å². The predicted molar refractivity (Wildman–Crippen MR) is 61.9 cm³/mol. The van der Waals surface area contributed by atoms with Gasteiger partial charge in [-0.05, 0) is 37.5 Å². The van der Waals surface area contributed by atoms with Gasteiger partial charge >= 0.3 is 0 Å². The van der Waals surface area contributed by atoms with E-state index in [1.807, 2.05) is 0 Å². The molecule has 0 fully saturated rings. The summed E-state index contributed by atoms with van der Waals surface area (Å²) in [6, 6.07) is 0. The van der Waals surface area contributed by atoms with E-state index in [1.165, 1.54) is 32.1 Å². The minimum atomic E-state index is 0.856. The molecule has 13 heavy (non-hydrogen) atoms. The molecule has 0 nitrogen and oxygen atoms in total. The number of hydrogen-bond acceptors (Lipinski definition) is 0. The monoisotopic (exact) mass is 182 g/mol. The number of allylic oxidation sites excluding steroid dienone is 2. The van der Waals surface area contributed by atoms with Crippen LogP contribution in [0.2, 0.25) is 0 Å². The molecule has 0 heterocycles. The molecular weight excluding hydrogens is 156 g/mol. The van der Waals surface area contributed by atoms with Crippen LogP contribution in [-0.2, 0) is 0 Å². The fraction of sp³-hybridized carbons (Fsp3) is 0.846. The SMILES string of the molecule is CCCC=CCCC(C)CC(C)C. The molecule has 0 heteroatoms. The minimum absolute atomic E-state index is 0.856. The van der Waals surface area contributed by atoms with Gasteiger partial charge in [0.1, 0.15) is 0 Å². The van der Waals surface area contributed by atoms with Crippen LogP contribution in [0.5, 0.6) is 0 Å². The smallest absolute Gasteiger partial charge is 0.0348 e. The highest BCUT2D eigenvalue weighted by Crippen LogP contribution is 2.16. The van der Waals surface area contributed by atoms with E-state index in [9.17, 15) is 0 Å². The Kier molecular flexibility index (Phi) is 8.18. The molecule has 1 atom stereocenters. The first-order valence-corrected chi connectivity index (χ1v) is 5.81. The molecule has 1 unspecified atom stereocenters. The molecular formula is C13H26. The number of rotatable bonds is 7. The molecule has 0 aromatic heterocycles. The Morgan fingerprint density at radius 2 is 1.62 bits per heavy atom. The third-order valence-electron chi connectivity index (χ3n) is 2.32. The Hall–Kier alpha value is -0.260. The van der Waals surface area contributed by atoms with Crippen molar-refractivity contribution in [1.29, 1.82) is 0 Å². The van der Waals surface area contributed by atoms with E-state index >= 15 is 0 Å². The molecule has 0 aromatic rings. The molecule has 78 valence electrons. The highest BCUT2D eigenvalue weighted by molar-refractivity contribution is 4.81. The maximum Gasteiger partial charge on any atom is -0.0348 e. The lowest BCUT2D eigenvalue weighted by Gasteiger charge is -2.11. The molecule has 0 spiro atoms. The van der Waals surface area contributed by atoms with Crippen LogP contribution in [0.3, 0.4) is 0 Å². The van der Waals surface area contributed by atoms with Crippen LogP contribution >= 0.6 is 0 Å². The van der Waals surface area contributed by atoms with Gasteiger partial charge in [-0.2, -0.15) is 0 Å². The zero-order valence-corrected chi connectivity index (χ0v) is 9.84. The van der Waals surface area contributed by atoms with Gasteiger partial charge in [0.2, 0.25) is 0 Å². The predicted octanol–water partition coefficient (Wildman–Crippen LogP) is 4.81. The van der Waals surface area contributed by atoms with Crippen LogP contribution < -0.4 is 0 Å². The summed E-state index contributed by atoms with van der Waals surface area (Å²) in [5.74, 6) is 1.75. The van der Waals surface area contributed by atoms with E-state index in [-0.39, 0.29) is 0 Å². The van der Waals surface area contributed by atoms with Gasteiger partial charge in [-0.1, -0.05) is 46.3 Å². The van der Waals surface area contributed by atoms with E-state index in [1.54, 1.807) is 0 Å². The van der Waals surface area contributed by atoms with Gasteiger partial charge in [-0.3, -0.25) is 0 Å². The topological polar surface area (TPSA) is 0 Å². The average molecular weight is 182 g/mol. The summed E-state index contributed by atoms with van der Waals surface area (Å²) in [5, 5.41) is 0. The van der Waals surface area contributed by atoms with Gasteiger partial charge < -0.3 is 0 Å². The zero-order chi connectivity index (χ0) is 10.1. The highest BCUT2D eigenvalue weighted by Gasteiger charge is 2.02. The maximum absolute atomic E-state index is 2.37. The van der Waals surface area contributed by atoms with Crippen molar-refractivity contribution >= 4 is 0 Å². The third-order valence-corrected chi connectivity index (χ3v) is 2.32. The standard InChI is InChI=1S/C13H26/c1-5-6-7-8-9-10-13(4)11-12(2)3/h7-8,12-13H,5-6,9-11H2,1-4H3. The lowest BCUT2D eigenvalue weighted by molar-refractivity contribution is 0.418. The summed E-state index contributed by atoms with van der Waals surface area (Å²) in [5.41, 5.74) is 0. The molecule has 0 aromatic carbocycles. The van der Waals surface area contributed by atoms with Gasteiger partial charge in [0, 0.05) is 0 Å². The second-order valence-electron chi connectivity index (χ2n) is 4.57. The van der Waals surface area contributed by atoms with Crippen LogP contribution in [0.4, 0.5) is 0 Å². The lowest BCUT2D eigenvalue weighted by Crippen LogP contribution is -1.99. The van der Waals surface area contributed by atoms with Crippen LogP contribution in [0.15, 0.2) is 12.2 Å². The fourth-order valence-electron chi connectivity index (χ4n) is 1.71. The first-order valence-electron chi connectivity index (χ1n) is 5.81. The summed E-state index contributed by atoms with van der Waals surface area (Å²) in [4.78, 5) is 0. The molecule has 0 aliphatic carbocycles. The second-order valence-corrected chi connectivity index (χ2v) is 4.57. The summed E-state index contributed by atoms with van der Waals surface area (Å²) < 4.78 is 0. The van der Waals surface area contributed by atoms with Crippen LogP contribution in [0.25, 0.3) is 0 Å². The number of hydrogen-bond donors (Lipinski definition) is 0. The van der Waals surface area contributed by atoms with Gasteiger partial charge in [-0.15, -0.1) is 0 Å². The van der Waals surface area contributed by atoms with Crippen molar-refractivity contribution in [3.63, 3.8) is 0 Å². The quantitative estimate of drug-likeness (QED) is 0.496. The van der Waals surface area contributed by atoms with E-state index in [4.69, 9.17) is 0 Å². The molecule has 0 radical (unpaired) electrons. The van der Waals surface area contributed by atoms with Crippen molar-refractivity contribution in [1.82, 2.24) is 0 Å². The molecule has 0 N–H and O–H groups in total. The Morgan fingerprint density at radius 3 is 2.15 bits per heavy atom. The van der Waals surface area contributed by atoms with Crippen molar-refractivity contribution in [2.45, 2.75) is 59.8 Å². The van der Waals surface area contributed by atoms with Crippen LogP contribution in [0.1, 0.15) is 59.8 Å². The van der Waals surface area contributed by atoms with Gasteiger partial charge in [0.25, 0.3) is 0 Å². The van der Waals surface area contributed by atoms with Crippen molar-refractivity contribution in [2.24, 2.45) is 11.8 Å². The van der Waals surface area contributed by atoms with Crippen molar-refractivity contribution in [3.05, 3.63) is 12.2 Å². The normalized spacial score (nSPS) is 14.2. The molecule has 0 saturated carbocycles. The first-order chi connectivity index (χ1) is 6.16. The Balaban J connectivity index is 3.31. The highest BCUT2D eigenvalue weighted by atomic mass is 14.1. The van der Waals surface area contributed by atoms with Gasteiger partial charge in [0.15, 0.2) is 0 Å². The maximum atomic E-state index is 2.37. The van der Waals surface area contributed by atoms with E-state index in [0.29, 0.717) is 0 Å². The van der Waals surface area contributed by atoms with Crippen molar-refractivity contribution in [2.75, 3.05) is 0 Å². The Labute approximate surface area is 84.4 Å². The lowest BCUT2D eigenvalue weighted by atomic mass is 9.95. The Bertz CT molecular complexity index is 122. The van der Waals surface area contributed by atoms with Crippen LogP contribution in [-0.4, -0.2) is 0 Å². The van der Waals surface area contributed by atoms with Crippen molar-refractivity contribution < 1.29 is 0 Å². The molecule has 0 amide bonds. The number of unbranched alkanes of at least 4 members (excludes halogenated alkanes) is 1. The molecule has 0 aliphatic heterocycles. The van der Waals surface area contributed by atoms with E-state index < -0.39 is 0 Å². The Morgan fingerprint density at radius 1 is 1.00 bits per heavy atom. The summed E-state index contributed by atoms with van der Waals surface area (Å²) in [6.45, 7) is 9.21. The zero-order valence-electron chi connectivity index (χ0n) is 9.84. The van der Waals surface area contributed by atoms with Gasteiger partial charge in [0.05, 0.1) is 0 Å². The fourth-order valence-corrected chi connectivity index (χ4v) is 1.71.